The van der Waals surface area contributed by atoms with Crippen molar-refractivity contribution >= 4 is 0 Å². The van der Waals surface area contributed by atoms with Gasteiger partial charge in [0.1, 0.15) is 5.82 Å². The molecule has 0 aromatic carbocycles. The van der Waals surface area contributed by atoms with Crippen molar-refractivity contribution in [1.82, 2.24) is 9.97 Å². The van der Waals surface area contributed by atoms with Gasteiger partial charge in [-0.25, -0.2) is 9.97 Å². The second-order valence-corrected chi connectivity index (χ2v) is 3.98. The maximum Gasteiger partial charge on any atom is 0.128 e. The first kappa shape index (κ1) is 13.1. The van der Waals surface area contributed by atoms with Crippen LogP contribution in [0.1, 0.15) is 31.2 Å². The molecule has 90 valence electrons. The maximum absolute atomic E-state index is 5.87. The van der Waals surface area contributed by atoms with Gasteiger partial charge in [-0.3, -0.25) is 0 Å². The summed E-state index contributed by atoms with van der Waals surface area (Å²) < 4.78 is 4.98. The number of methoxy groups -OCH3 is 1. The number of hydrogen-bond donors (Lipinski definition) is 1. The van der Waals surface area contributed by atoms with Crippen LogP contribution in [0.3, 0.4) is 0 Å². The van der Waals surface area contributed by atoms with Crippen molar-refractivity contribution in [3.63, 3.8) is 0 Å². The van der Waals surface area contributed by atoms with Crippen LogP contribution in [0.4, 0.5) is 0 Å². The average Bonchev–Trinajstić information content (AvgIpc) is 2.31. The highest BCUT2D eigenvalue weighted by atomic mass is 16.5. The van der Waals surface area contributed by atoms with Gasteiger partial charge in [0.25, 0.3) is 0 Å². The lowest BCUT2D eigenvalue weighted by atomic mass is 10.1. The minimum atomic E-state index is 0.211. The van der Waals surface area contributed by atoms with Crippen molar-refractivity contribution in [1.29, 1.82) is 0 Å². The summed E-state index contributed by atoms with van der Waals surface area (Å²) >= 11 is 0. The number of nitrogens with two attached hydrogens (primary N) is 1. The van der Waals surface area contributed by atoms with E-state index in [1.54, 1.807) is 7.11 Å². The molecule has 0 radical (unpaired) electrons. The molecule has 0 bridgehead atoms. The minimum absolute atomic E-state index is 0.211. The largest absolute Gasteiger partial charge is 0.385 e. The molecule has 4 heteroatoms. The van der Waals surface area contributed by atoms with Gasteiger partial charge in [0.05, 0.1) is 0 Å². The van der Waals surface area contributed by atoms with Crippen LogP contribution < -0.4 is 5.73 Å². The van der Waals surface area contributed by atoms with Crippen molar-refractivity contribution in [3.05, 3.63) is 23.8 Å². The zero-order chi connectivity index (χ0) is 11.8. The smallest absolute Gasteiger partial charge is 0.128 e. The van der Waals surface area contributed by atoms with E-state index in [0.29, 0.717) is 0 Å². The minimum Gasteiger partial charge on any atom is -0.385 e. The van der Waals surface area contributed by atoms with Crippen LogP contribution in [0.25, 0.3) is 0 Å². The van der Waals surface area contributed by atoms with E-state index in [1.165, 1.54) is 0 Å². The predicted molar refractivity (Wildman–Crippen MR) is 64.2 cm³/mol. The molecule has 1 heterocycles. The molecule has 0 aliphatic carbocycles. The lowest BCUT2D eigenvalue weighted by Crippen LogP contribution is -2.21. The van der Waals surface area contributed by atoms with Crippen molar-refractivity contribution in [2.24, 2.45) is 5.73 Å². The van der Waals surface area contributed by atoms with E-state index < -0.39 is 0 Å². The number of rotatable bonds is 7. The lowest BCUT2D eigenvalue weighted by Gasteiger charge is -2.08. The Kier molecular flexibility index (Phi) is 5.96. The van der Waals surface area contributed by atoms with Crippen LogP contribution in [-0.2, 0) is 17.6 Å². The van der Waals surface area contributed by atoms with Gasteiger partial charge >= 0.3 is 0 Å². The van der Waals surface area contributed by atoms with Crippen molar-refractivity contribution < 1.29 is 4.74 Å². The zero-order valence-electron chi connectivity index (χ0n) is 10.1. The van der Waals surface area contributed by atoms with Gasteiger partial charge in [0.15, 0.2) is 0 Å². The summed E-state index contributed by atoms with van der Waals surface area (Å²) in [6.45, 7) is 2.84. The Hall–Kier alpha value is -1.00. The third kappa shape index (κ3) is 4.68. The number of ether oxygens (including phenoxy) is 1. The summed E-state index contributed by atoms with van der Waals surface area (Å²) in [5.41, 5.74) is 6.98. The lowest BCUT2D eigenvalue weighted by molar-refractivity contribution is 0.194. The Morgan fingerprint density at radius 1 is 1.38 bits per heavy atom. The van der Waals surface area contributed by atoms with Crippen LogP contribution >= 0.6 is 0 Å². The van der Waals surface area contributed by atoms with E-state index in [9.17, 15) is 0 Å². The average molecular weight is 223 g/mol. The number of hydrogen-bond acceptors (Lipinski definition) is 4. The second-order valence-electron chi connectivity index (χ2n) is 3.98. The van der Waals surface area contributed by atoms with Gasteiger partial charge in [-0.1, -0.05) is 6.92 Å². The molecular formula is C12H21N3O. The van der Waals surface area contributed by atoms with E-state index >= 15 is 0 Å². The fourth-order valence-electron chi connectivity index (χ4n) is 1.44. The fourth-order valence-corrected chi connectivity index (χ4v) is 1.44. The molecule has 0 spiro atoms. The zero-order valence-corrected chi connectivity index (χ0v) is 10.1. The molecule has 0 fully saturated rings. The quantitative estimate of drug-likeness (QED) is 0.708. The van der Waals surface area contributed by atoms with Crippen molar-refractivity contribution in [2.45, 2.75) is 38.6 Å². The van der Waals surface area contributed by atoms with Gasteiger partial charge in [-0.05, 0) is 24.8 Å². The van der Waals surface area contributed by atoms with Crippen molar-refractivity contribution in [3.8, 4) is 0 Å². The summed E-state index contributed by atoms with van der Waals surface area (Å²) in [5, 5.41) is 0. The summed E-state index contributed by atoms with van der Waals surface area (Å²) in [6, 6.07) is 0.211. The Labute approximate surface area is 97.2 Å². The van der Waals surface area contributed by atoms with E-state index in [1.807, 2.05) is 12.4 Å². The predicted octanol–water partition coefficient (Wildman–Crippen LogP) is 1.34. The van der Waals surface area contributed by atoms with Gasteiger partial charge < -0.3 is 10.5 Å². The van der Waals surface area contributed by atoms with E-state index in [4.69, 9.17) is 10.5 Å². The molecule has 0 saturated heterocycles. The van der Waals surface area contributed by atoms with Crippen molar-refractivity contribution in [2.75, 3.05) is 13.7 Å². The first-order valence-electron chi connectivity index (χ1n) is 5.80. The molecule has 1 aromatic rings. The molecule has 2 N–H and O–H groups in total. The highest BCUT2D eigenvalue weighted by Crippen LogP contribution is 2.03. The summed E-state index contributed by atoms with van der Waals surface area (Å²) in [7, 11) is 1.70. The Morgan fingerprint density at radius 2 is 2.06 bits per heavy atom. The highest BCUT2D eigenvalue weighted by molar-refractivity contribution is 5.07. The standard InChI is InChI=1S/C12H21N3O/c1-3-11(13)7-10-8-14-12(15-9-10)5-4-6-16-2/h8-9,11H,3-7,13H2,1-2H3. The second kappa shape index (κ2) is 7.30. The van der Waals surface area contributed by atoms with Gasteiger partial charge in [-0.2, -0.15) is 0 Å². The van der Waals surface area contributed by atoms with E-state index in [2.05, 4.69) is 16.9 Å². The van der Waals surface area contributed by atoms with Crippen LogP contribution in [0, 0.1) is 0 Å². The van der Waals surface area contributed by atoms with Crippen LogP contribution in [0.5, 0.6) is 0 Å². The maximum atomic E-state index is 5.87. The summed E-state index contributed by atoms with van der Waals surface area (Å²) in [4.78, 5) is 8.63. The molecule has 1 aromatic heterocycles. The topological polar surface area (TPSA) is 61.0 Å². The Morgan fingerprint density at radius 3 is 2.62 bits per heavy atom. The molecule has 16 heavy (non-hydrogen) atoms. The fraction of sp³-hybridized carbons (Fsp3) is 0.667. The Bertz CT molecular complexity index is 287. The monoisotopic (exact) mass is 223 g/mol. The molecule has 4 nitrogen and oxygen atoms in total. The third-order valence-corrected chi connectivity index (χ3v) is 2.53. The first-order valence-corrected chi connectivity index (χ1v) is 5.80. The molecule has 0 aliphatic rings. The highest BCUT2D eigenvalue weighted by Gasteiger charge is 2.03. The van der Waals surface area contributed by atoms with Gasteiger partial charge in [0.2, 0.25) is 0 Å². The van der Waals surface area contributed by atoms with E-state index in [0.717, 1.165) is 43.7 Å². The normalized spacial score (nSPS) is 12.7. The third-order valence-electron chi connectivity index (χ3n) is 2.53. The van der Waals surface area contributed by atoms with Crippen LogP contribution in [0.15, 0.2) is 12.4 Å². The molecule has 0 aliphatic heterocycles. The molecular weight excluding hydrogens is 202 g/mol. The first-order chi connectivity index (χ1) is 7.76. The number of nitrogens with zero attached hydrogens (tertiary/aromatic N) is 2. The molecule has 1 atom stereocenters. The molecule has 0 saturated carbocycles. The number of aryl methyl sites for hydroxylation is 1. The summed E-state index contributed by atoms with van der Waals surface area (Å²) in [6.07, 6.45) is 7.43. The van der Waals surface area contributed by atoms with Crippen LogP contribution in [0.2, 0.25) is 0 Å². The SMILES string of the molecule is CCC(N)Cc1cnc(CCCOC)nc1. The van der Waals surface area contributed by atoms with Gasteiger partial charge in [0, 0.05) is 38.6 Å². The number of aromatic nitrogens is 2. The molecule has 1 rings (SSSR count). The van der Waals surface area contributed by atoms with Gasteiger partial charge in [-0.15, -0.1) is 0 Å². The molecule has 0 amide bonds. The van der Waals surface area contributed by atoms with Crippen LogP contribution in [-0.4, -0.2) is 29.7 Å². The summed E-state index contributed by atoms with van der Waals surface area (Å²) in [5.74, 6) is 0.880. The molecule has 1 unspecified atom stereocenters. The van der Waals surface area contributed by atoms with E-state index in [-0.39, 0.29) is 6.04 Å². The Balaban J connectivity index is 2.41.